The standard InChI is InChI=1S/C14H10O2/c1-7-3-6-10-12-9(7)5-4-8(2)11(12)14(16)13(10)15/h3-6H,1-2H3. The number of hydrogen-bond donors (Lipinski definition) is 0. The average Bonchev–Trinajstić information content (AvgIpc) is 2.51. The van der Waals surface area contributed by atoms with Crippen LogP contribution < -0.4 is 0 Å². The average molecular weight is 210 g/mol. The van der Waals surface area contributed by atoms with Crippen molar-refractivity contribution in [2.45, 2.75) is 13.8 Å². The highest BCUT2D eigenvalue weighted by Gasteiger charge is 2.32. The Bertz CT molecular complexity index is 666. The molecule has 0 bridgehead atoms. The van der Waals surface area contributed by atoms with Crippen molar-refractivity contribution in [2.24, 2.45) is 0 Å². The van der Waals surface area contributed by atoms with Crippen LogP contribution in [-0.4, -0.2) is 11.6 Å². The number of rotatable bonds is 0. The summed E-state index contributed by atoms with van der Waals surface area (Å²) in [5.41, 5.74) is 3.14. The summed E-state index contributed by atoms with van der Waals surface area (Å²) in [5.74, 6) is -0.724. The van der Waals surface area contributed by atoms with E-state index in [1.165, 1.54) is 0 Å². The van der Waals surface area contributed by atoms with Crippen LogP contribution >= 0.6 is 0 Å². The minimum atomic E-state index is -0.366. The third kappa shape index (κ3) is 0.915. The third-order valence-corrected chi connectivity index (χ3v) is 3.29. The summed E-state index contributed by atoms with van der Waals surface area (Å²) in [4.78, 5) is 23.7. The minimum Gasteiger partial charge on any atom is -0.285 e. The molecule has 1 aliphatic rings. The number of carbonyl (C=O) groups is 2. The van der Waals surface area contributed by atoms with Crippen molar-refractivity contribution < 1.29 is 9.59 Å². The van der Waals surface area contributed by atoms with Gasteiger partial charge in [0.2, 0.25) is 11.6 Å². The molecule has 0 aromatic heterocycles. The molecule has 0 spiro atoms. The molecule has 2 aromatic rings. The fraction of sp³-hybridized carbons (Fsp3) is 0.143. The molecule has 2 aromatic carbocycles. The van der Waals surface area contributed by atoms with Crippen molar-refractivity contribution in [2.75, 3.05) is 0 Å². The molecule has 0 heterocycles. The van der Waals surface area contributed by atoms with Crippen molar-refractivity contribution in [3.8, 4) is 0 Å². The quantitative estimate of drug-likeness (QED) is 0.626. The maximum Gasteiger partial charge on any atom is 0.234 e. The van der Waals surface area contributed by atoms with Crippen LogP contribution in [0.4, 0.5) is 0 Å². The first-order chi connectivity index (χ1) is 7.61. The van der Waals surface area contributed by atoms with Gasteiger partial charge >= 0.3 is 0 Å². The number of aryl methyl sites for hydroxylation is 2. The summed E-state index contributed by atoms with van der Waals surface area (Å²) >= 11 is 0. The Morgan fingerprint density at radius 3 is 2.25 bits per heavy atom. The van der Waals surface area contributed by atoms with Crippen LogP contribution in [0.1, 0.15) is 31.8 Å². The van der Waals surface area contributed by atoms with Gasteiger partial charge in [-0.2, -0.15) is 0 Å². The molecule has 0 saturated carbocycles. The van der Waals surface area contributed by atoms with Crippen molar-refractivity contribution in [1.29, 1.82) is 0 Å². The molecule has 0 N–H and O–H groups in total. The molecule has 78 valence electrons. The van der Waals surface area contributed by atoms with Crippen molar-refractivity contribution in [1.82, 2.24) is 0 Å². The predicted octanol–water partition coefficient (Wildman–Crippen LogP) is 2.84. The van der Waals surface area contributed by atoms with Gasteiger partial charge < -0.3 is 0 Å². The van der Waals surface area contributed by atoms with Gasteiger partial charge in [0.25, 0.3) is 0 Å². The second-order valence-corrected chi connectivity index (χ2v) is 4.27. The van der Waals surface area contributed by atoms with Crippen LogP contribution in [0.15, 0.2) is 24.3 Å². The van der Waals surface area contributed by atoms with E-state index in [0.29, 0.717) is 11.1 Å². The molecule has 0 aliphatic heterocycles. The van der Waals surface area contributed by atoms with Gasteiger partial charge in [-0.05, 0) is 36.4 Å². The summed E-state index contributed by atoms with van der Waals surface area (Å²) in [6.45, 7) is 3.86. The van der Waals surface area contributed by atoms with Gasteiger partial charge in [0.1, 0.15) is 0 Å². The van der Waals surface area contributed by atoms with Crippen LogP contribution in [-0.2, 0) is 0 Å². The van der Waals surface area contributed by atoms with Crippen LogP contribution in [0.2, 0.25) is 0 Å². The third-order valence-electron chi connectivity index (χ3n) is 3.29. The molecule has 1 aliphatic carbocycles. The number of ketones is 2. The Labute approximate surface area is 92.9 Å². The SMILES string of the molecule is Cc1ccc2c(C)ccc3c2c1C(=O)C3=O. The van der Waals surface area contributed by atoms with E-state index in [1.54, 1.807) is 6.07 Å². The molecule has 0 amide bonds. The lowest BCUT2D eigenvalue weighted by molar-refractivity contribution is 0.0825. The van der Waals surface area contributed by atoms with E-state index in [0.717, 1.165) is 21.9 Å². The lowest BCUT2D eigenvalue weighted by Crippen LogP contribution is -2.07. The van der Waals surface area contributed by atoms with Crippen LogP contribution in [0.25, 0.3) is 10.8 Å². The van der Waals surface area contributed by atoms with Gasteiger partial charge in [0.15, 0.2) is 0 Å². The molecule has 0 unspecified atom stereocenters. The normalized spacial score (nSPS) is 13.9. The van der Waals surface area contributed by atoms with Gasteiger partial charge in [0.05, 0.1) is 0 Å². The van der Waals surface area contributed by atoms with E-state index in [9.17, 15) is 9.59 Å². The van der Waals surface area contributed by atoms with E-state index in [-0.39, 0.29) is 11.6 Å². The second-order valence-electron chi connectivity index (χ2n) is 4.27. The van der Waals surface area contributed by atoms with Crippen molar-refractivity contribution in [3.63, 3.8) is 0 Å². The maximum absolute atomic E-state index is 11.9. The Morgan fingerprint density at radius 1 is 0.812 bits per heavy atom. The summed E-state index contributed by atoms with van der Waals surface area (Å²) in [6, 6.07) is 7.55. The van der Waals surface area contributed by atoms with Gasteiger partial charge in [-0.15, -0.1) is 0 Å². The summed E-state index contributed by atoms with van der Waals surface area (Å²) in [5, 5.41) is 1.85. The molecule has 2 nitrogen and oxygen atoms in total. The monoisotopic (exact) mass is 210 g/mol. The molecule has 0 fully saturated rings. The zero-order valence-corrected chi connectivity index (χ0v) is 9.13. The summed E-state index contributed by atoms with van der Waals surface area (Å²) < 4.78 is 0. The predicted molar refractivity (Wildman–Crippen MR) is 62.1 cm³/mol. The first-order valence-electron chi connectivity index (χ1n) is 5.23. The van der Waals surface area contributed by atoms with Gasteiger partial charge in [0, 0.05) is 16.5 Å². The molecular weight excluding hydrogens is 200 g/mol. The molecule has 16 heavy (non-hydrogen) atoms. The Balaban J connectivity index is 2.64. The van der Waals surface area contributed by atoms with Gasteiger partial charge in [-0.3, -0.25) is 9.59 Å². The molecule has 3 rings (SSSR count). The van der Waals surface area contributed by atoms with Crippen LogP contribution in [0.5, 0.6) is 0 Å². The molecule has 0 saturated heterocycles. The number of Topliss-reactive ketones (excluding diaryl/α,β-unsaturated/α-hetero) is 2. The molecule has 2 heteroatoms. The lowest BCUT2D eigenvalue weighted by atomic mass is 9.98. The molecule has 0 radical (unpaired) electrons. The van der Waals surface area contributed by atoms with Crippen LogP contribution in [0, 0.1) is 13.8 Å². The van der Waals surface area contributed by atoms with E-state index in [1.807, 2.05) is 32.0 Å². The fourth-order valence-electron chi connectivity index (χ4n) is 2.41. The lowest BCUT2D eigenvalue weighted by Gasteiger charge is -2.05. The first-order valence-corrected chi connectivity index (χ1v) is 5.23. The molecule has 0 atom stereocenters. The van der Waals surface area contributed by atoms with Gasteiger partial charge in [-0.1, -0.05) is 18.2 Å². The number of benzene rings is 2. The molecular formula is C14H10O2. The first kappa shape index (κ1) is 9.28. The van der Waals surface area contributed by atoms with E-state index in [2.05, 4.69) is 0 Å². The van der Waals surface area contributed by atoms with E-state index in [4.69, 9.17) is 0 Å². The number of carbonyl (C=O) groups excluding carboxylic acids is 2. The minimum absolute atomic E-state index is 0.358. The topological polar surface area (TPSA) is 34.1 Å². The summed E-state index contributed by atoms with van der Waals surface area (Å²) in [7, 11) is 0. The largest absolute Gasteiger partial charge is 0.285 e. The highest BCUT2D eigenvalue weighted by molar-refractivity contribution is 6.57. The Morgan fingerprint density at radius 2 is 1.50 bits per heavy atom. The highest BCUT2D eigenvalue weighted by atomic mass is 16.2. The van der Waals surface area contributed by atoms with Crippen LogP contribution in [0.3, 0.4) is 0 Å². The zero-order valence-electron chi connectivity index (χ0n) is 9.13. The van der Waals surface area contributed by atoms with Crippen molar-refractivity contribution in [3.05, 3.63) is 46.5 Å². The fourth-order valence-corrected chi connectivity index (χ4v) is 2.41. The van der Waals surface area contributed by atoms with E-state index >= 15 is 0 Å². The van der Waals surface area contributed by atoms with Gasteiger partial charge in [-0.25, -0.2) is 0 Å². The second kappa shape index (κ2) is 2.79. The highest BCUT2D eigenvalue weighted by Crippen LogP contribution is 2.34. The Hall–Kier alpha value is -1.96. The van der Waals surface area contributed by atoms with E-state index < -0.39 is 0 Å². The number of hydrogen-bond acceptors (Lipinski definition) is 2. The zero-order chi connectivity index (χ0) is 11.4. The maximum atomic E-state index is 11.9. The summed E-state index contributed by atoms with van der Waals surface area (Å²) in [6.07, 6.45) is 0. The van der Waals surface area contributed by atoms with Crippen molar-refractivity contribution >= 4 is 22.3 Å². The smallest absolute Gasteiger partial charge is 0.234 e. The Kier molecular flexibility index (Phi) is 1.62.